The molecule has 0 aliphatic rings. The molecule has 0 saturated carbocycles. The van der Waals surface area contributed by atoms with Crippen LogP contribution in [0.2, 0.25) is 0 Å². The summed E-state index contributed by atoms with van der Waals surface area (Å²) in [5, 5.41) is 0. The van der Waals surface area contributed by atoms with Crippen LogP contribution in [0.25, 0.3) is 5.69 Å². The molecular weight excluding hydrogens is 284 g/mol. The number of imidazole rings is 1. The smallest absolute Gasteiger partial charge is 0.358 e. The second-order valence-corrected chi connectivity index (χ2v) is 4.28. The monoisotopic (exact) mass is 294 g/mol. The molecule has 2 rings (SSSR count). The Balaban J connectivity index is 2.23. The SMILES string of the molecule is CCOC(=O)c1cn(-c2ccc(Br)cc2)cn1. The van der Waals surface area contributed by atoms with Crippen LogP contribution in [0.1, 0.15) is 17.4 Å². The quantitative estimate of drug-likeness (QED) is 0.818. The highest BCUT2D eigenvalue weighted by Crippen LogP contribution is 2.14. The molecule has 0 atom stereocenters. The Morgan fingerprint density at radius 3 is 2.76 bits per heavy atom. The van der Waals surface area contributed by atoms with Crippen molar-refractivity contribution in [3.63, 3.8) is 0 Å². The Morgan fingerprint density at radius 1 is 1.41 bits per heavy atom. The van der Waals surface area contributed by atoms with Crippen molar-refractivity contribution in [2.24, 2.45) is 0 Å². The number of benzene rings is 1. The second kappa shape index (κ2) is 5.14. The van der Waals surface area contributed by atoms with E-state index in [-0.39, 0.29) is 0 Å². The average molecular weight is 295 g/mol. The molecule has 0 aliphatic carbocycles. The first-order chi connectivity index (χ1) is 8.20. The molecule has 0 spiro atoms. The molecule has 0 fully saturated rings. The standard InChI is InChI=1S/C12H11BrN2O2/c1-2-17-12(16)11-7-15(8-14-11)10-5-3-9(13)4-6-10/h3-8H,2H2,1H3. The molecule has 4 nitrogen and oxygen atoms in total. The molecular formula is C12H11BrN2O2. The summed E-state index contributed by atoms with van der Waals surface area (Å²) in [6.07, 6.45) is 3.25. The minimum absolute atomic E-state index is 0.315. The van der Waals surface area contributed by atoms with Crippen molar-refractivity contribution in [1.29, 1.82) is 0 Å². The van der Waals surface area contributed by atoms with E-state index in [0.29, 0.717) is 12.3 Å². The summed E-state index contributed by atoms with van der Waals surface area (Å²) >= 11 is 3.37. The number of hydrogen-bond donors (Lipinski definition) is 0. The second-order valence-electron chi connectivity index (χ2n) is 3.36. The van der Waals surface area contributed by atoms with Crippen LogP contribution >= 0.6 is 15.9 Å². The van der Waals surface area contributed by atoms with Gasteiger partial charge >= 0.3 is 5.97 Å². The molecule has 0 saturated heterocycles. The molecule has 17 heavy (non-hydrogen) atoms. The normalized spacial score (nSPS) is 10.2. The van der Waals surface area contributed by atoms with Crippen LogP contribution in [0.3, 0.4) is 0 Å². The van der Waals surface area contributed by atoms with Crippen LogP contribution in [0.4, 0.5) is 0 Å². The summed E-state index contributed by atoms with van der Waals surface area (Å²) < 4.78 is 7.66. The zero-order valence-corrected chi connectivity index (χ0v) is 10.8. The molecule has 0 unspecified atom stereocenters. The number of halogens is 1. The number of hydrogen-bond acceptors (Lipinski definition) is 3. The molecule has 0 aliphatic heterocycles. The van der Waals surface area contributed by atoms with Crippen LogP contribution in [0.5, 0.6) is 0 Å². The van der Waals surface area contributed by atoms with Crippen LogP contribution in [-0.2, 0) is 4.74 Å². The van der Waals surface area contributed by atoms with Gasteiger partial charge in [-0.2, -0.15) is 0 Å². The number of carbonyl (C=O) groups is 1. The van der Waals surface area contributed by atoms with E-state index in [1.165, 1.54) is 0 Å². The van der Waals surface area contributed by atoms with Crippen molar-refractivity contribution in [2.45, 2.75) is 6.92 Å². The first-order valence-corrected chi connectivity index (χ1v) is 5.97. The van der Waals surface area contributed by atoms with Crippen molar-refractivity contribution in [1.82, 2.24) is 9.55 Å². The van der Waals surface area contributed by atoms with Gasteiger partial charge in [0.15, 0.2) is 5.69 Å². The number of rotatable bonds is 3. The molecule has 5 heteroatoms. The fraction of sp³-hybridized carbons (Fsp3) is 0.167. The highest BCUT2D eigenvalue weighted by molar-refractivity contribution is 9.10. The highest BCUT2D eigenvalue weighted by atomic mass is 79.9. The third kappa shape index (κ3) is 2.74. The van der Waals surface area contributed by atoms with E-state index in [0.717, 1.165) is 10.2 Å². The molecule has 0 bridgehead atoms. The van der Waals surface area contributed by atoms with Gasteiger partial charge < -0.3 is 9.30 Å². The first-order valence-electron chi connectivity index (χ1n) is 5.17. The fourth-order valence-corrected chi connectivity index (χ4v) is 1.65. The predicted molar refractivity (Wildman–Crippen MR) is 67.2 cm³/mol. The molecule has 1 aromatic heterocycles. The number of ether oxygens (including phenoxy) is 1. The van der Waals surface area contributed by atoms with Gasteiger partial charge in [-0.15, -0.1) is 0 Å². The zero-order valence-electron chi connectivity index (χ0n) is 9.26. The van der Waals surface area contributed by atoms with Crippen LogP contribution in [0, 0.1) is 0 Å². The molecule has 88 valence electrons. The van der Waals surface area contributed by atoms with Gasteiger partial charge in [0.1, 0.15) is 6.33 Å². The Bertz CT molecular complexity index is 520. The largest absolute Gasteiger partial charge is 0.461 e. The topological polar surface area (TPSA) is 44.1 Å². The number of carbonyl (C=O) groups excluding carboxylic acids is 1. The van der Waals surface area contributed by atoms with E-state index in [4.69, 9.17) is 4.74 Å². The minimum atomic E-state index is -0.400. The summed E-state index contributed by atoms with van der Waals surface area (Å²) in [5.74, 6) is -0.400. The predicted octanol–water partition coefficient (Wildman–Crippen LogP) is 2.81. The Hall–Kier alpha value is -1.62. The van der Waals surface area contributed by atoms with Crippen LogP contribution in [0.15, 0.2) is 41.3 Å². The Labute approximate surface area is 107 Å². The van der Waals surface area contributed by atoms with E-state index in [1.54, 1.807) is 24.0 Å². The Morgan fingerprint density at radius 2 is 2.12 bits per heavy atom. The zero-order chi connectivity index (χ0) is 12.3. The lowest BCUT2D eigenvalue weighted by molar-refractivity contribution is 0.0520. The van der Waals surface area contributed by atoms with E-state index in [2.05, 4.69) is 20.9 Å². The lowest BCUT2D eigenvalue weighted by Gasteiger charge is -2.01. The summed E-state index contributed by atoms with van der Waals surface area (Å²) in [5.41, 5.74) is 1.26. The summed E-state index contributed by atoms with van der Waals surface area (Å²) in [6.45, 7) is 2.12. The van der Waals surface area contributed by atoms with Gasteiger partial charge in [0.25, 0.3) is 0 Å². The molecule has 1 heterocycles. The summed E-state index contributed by atoms with van der Waals surface area (Å²) in [4.78, 5) is 15.4. The average Bonchev–Trinajstić information content (AvgIpc) is 2.80. The highest BCUT2D eigenvalue weighted by Gasteiger charge is 2.10. The first kappa shape index (κ1) is 11.9. The van der Waals surface area contributed by atoms with Gasteiger partial charge in [-0.1, -0.05) is 15.9 Å². The summed E-state index contributed by atoms with van der Waals surface area (Å²) in [7, 11) is 0. The van der Waals surface area contributed by atoms with Crippen molar-refractivity contribution >= 4 is 21.9 Å². The van der Waals surface area contributed by atoms with E-state index in [1.807, 2.05) is 24.3 Å². The van der Waals surface area contributed by atoms with Gasteiger partial charge in [0.05, 0.1) is 6.61 Å². The molecule has 0 amide bonds. The van der Waals surface area contributed by atoms with E-state index in [9.17, 15) is 4.79 Å². The van der Waals surface area contributed by atoms with Gasteiger partial charge in [0, 0.05) is 16.4 Å². The number of esters is 1. The van der Waals surface area contributed by atoms with Crippen molar-refractivity contribution in [3.8, 4) is 5.69 Å². The minimum Gasteiger partial charge on any atom is -0.461 e. The summed E-state index contributed by atoms with van der Waals surface area (Å²) in [6, 6.07) is 7.72. The maximum atomic E-state index is 11.4. The van der Waals surface area contributed by atoms with Gasteiger partial charge in [-0.3, -0.25) is 0 Å². The van der Waals surface area contributed by atoms with Crippen molar-refractivity contribution in [3.05, 3.63) is 47.0 Å². The van der Waals surface area contributed by atoms with Crippen molar-refractivity contribution in [2.75, 3.05) is 6.61 Å². The lowest BCUT2D eigenvalue weighted by Crippen LogP contribution is -2.04. The van der Waals surface area contributed by atoms with E-state index >= 15 is 0 Å². The third-order valence-corrected chi connectivity index (χ3v) is 2.72. The van der Waals surface area contributed by atoms with Crippen molar-refractivity contribution < 1.29 is 9.53 Å². The van der Waals surface area contributed by atoms with Gasteiger partial charge in [0.2, 0.25) is 0 Å². The third-order valence-electron chi connectivity index (χ3n) is 2.19. The number of aromatic nitrogens is 2. The number of nitrogens with zero attached hydrogens (tertiary/aromatic N) is 2. The maximum absolute atomic E-state index is 11.4. The lowest BCUT2D eigenvalue weighted by atomic mass is 10.3. The molecule has 0 N–H and O–H groups in total. The molecule has 1 aromatic carbocycles. The molecule has 2 aromatic rings. The van der Waals surface area contributed by atoms with Gasteiger partial charge in [-0.05, 0) is 31.2 Å². The van der Waals surface area contributed by atoms with Crippen LogP contribution < -0.4 is 0 Å². The maximum Gasteiger partial charge on any atom is 0.358 e. The van der Waals surface area contributed by atoms with E-state index < -0.39 is 5.97 Å². The fourth-order valence-electron chi connectivity index (χ4n) is 1.39. The van der Waals surface area contributed by atoms with Gasteiger partial charge in [-0.25, -0.2) is 9.78 Å². The van der Waals surface area contributed by atoms with Crippen LogP contribution in [-0.4, -0.2) is 22.1 Å². The Kier molecular flexibility index (Phi) is 3.58. The molecule has 0 radical (unpaired) electrons.